The second-order valence-corrected chi connectivity index (χ2v) is 6.72. The fourth-order valence-electron chi connectivity index (χ4n) is 3.11. The maximum Gasteiger partial charge on any atom is 0.236 e. The summed E-state index contributed by atoms with van der Waals surface area (Å²) in [4.78, 5) is 22.9. The highest BCUT2D eigenvalue weighted by Gasteiger charge is 2.17. The zero-order valence-corrected chi connectivity index (χ0v) is 16.8. The molecule has 1 saturated heterocycles. The lowest BCUT2D eigenvalue weighted by Crippen LogP contribution is -2.49. The molecule has 0 bridgehead atoms. The third-order valence-electron chi connectivity index (χ3n) is 4.62. The molecule has 0 spiro atoms. The summed E-state index contributed by atoms with van der Waals surface area (Å²) in [5.74, 6) is 1.10. The third-order valence-corrected chi connectivity index (χ3v) is 4.62. The van der Waals surface area contributed by atoms with Gasteiger partial charge in [0.15, 0.2) is 0 Å². The second kappa shape index (κ2) is 10.3. The van der Waals surface area contributed by atoms with Crippen molar-refractivity contribution in [3.8, 4) is 0 Å². The Kier molecular flexibility index (Phi) is 8.03. The number of halogens is 1. The highest BCUT2D eigenvalue weighted by Crippen LogP contribution is 2.21. The first-order chi connectivity index (χ1) is 12.6. The fourth-order valence-corrected chi connectivity index (χ4v) is 3.11. The first-order valence-electron chi connectivity index (χ1n) is 9.04. The monoisotopic (exact) mass is 389 g/mol. The SMILES string of the molecule is CN(CC(=O)N1CCNCC1)Cc1ccc(N(C)c2ccccc2)nc1.Cl. The zero-order valence-electron chi connectivity index (χ0n) is 16.0. The molecule has 1 N–H and O–H groups in total. The molecule has 1 aliphatic rings. The van der Waals surface area contributed by atoms with Crippen molar-refractivity contribution in [2.45, 2.75) is 6.54 Å². The Bertz CT molecular complexity index is 704. The molecule has 1 aromatic carbocycles. The van der Waals surface area contributed by atoms with Gasteiger partial charge in [-0.2, -0.15) is 0 Å². The van der Waals surface area contributed by atoms with Crippen LogP contribution in [0.1, 0.15) is 5.56 Å². The highest BCUT2D eigenvalue weighted by molar-refractivity contribution is 5.85. The van der Waals surface area contributed by atoms with Gasteiger partial charge in [-0.25, -0.2) is 4.98 Å². The summed E-state index contributed by atoms with van der Waals surface area (Å²) in [5.41, 5.74) is 2.21. The van der Waals surface area contributed by atoms with Crippen LogP contribution in [0.3, 0.4) is 0 Å². The van der Waals surface area contributed by atoms with Crippen molar-refractivity contribution < 1.29 is 4.79 Å². The van der Waals surface area contributed by atoms with E-state index < -0.39 is 0 Å². The predicted octanol–water partition coefficient (Wildman–Crippen LogP) is 2.13. The van der Waals surface area contributed by atoms with E-state index in [9.17, 15) is 4.79 Å². The molecule has 1 fully saturated rings. The molecular weight excluding hydrogens is 362 g/mol. The van der Waals surface area contributed by atoms with Gasteiger partial charge in [0.1, 0.15) is 5.82 Å². The predicted molar refractivity (Wildman–Crippen MR) is 112 cm³/mol. The summed E-state index contributed by atoms with van der Waals surface area (Å²) < 4.78 is 0. The van der Waals surface area contributed by atoms with Gasteiger partial charge in [-0.1, -0.05) is 24.3 Å². The third kappa shape index (κ3) is 5.92. The molecule has 7 heteroatoms. The summed E-state index contributed by atoms with van der Waals surface area (Å²) >= 11 is 0. The van der Waals surface area contributed by atoms with Crippen LogP contribution < -0.4 is 10.2 Å². The molecular formula is C20H28ClN5O. The zero-order chi connectivity index (χ0) is 18.4. The van der Waals surface area contributed by atoms with Crippen LogP contribution in [-0.4, -0.2) is 67.5 Å². The molecule has 0 saturated carbocycles. The maximum absolute atomic E-state index is 12.3. The molecule has 0 aliphatic carbocycles. The Balaban J connectivity index is 0.00000261. The van der Waals surface area contributed by atoms with Crippen LogP contribution in [0.15, 0.2) is 48.7 Å². The molecule has 0 radical (unpaired) electrons. The number of carbonyl (C=O) groups excluding carboxylic acids is 1. The van der Waals surface area contributed by atoms with Crippen molar-refractivity contribution in [2.24, 2.45) is 0 Å². The van der Waals surface area contributed by atoms with Crippen molar-refractivity contribution in [3.63, 3.8) is 0 Å². The lowest BCUT2D eigenvalue weighted by molar-refractivity contribution is -0.132. The molecule has 0 unspecified atom stereocenters. The Morgan fingerprint density at radius 2 is 1.81 bits per heavy atom. The molecule has 2 heterocycles. The van der Waals surface area contributed by atoms with Gasteiger partial charge in [-0.05, 0) is 30.8 Å². The quantitative estimate of drug-likeness (QED) is 0.820. The van der Waals surface area contributed by atoms with Gasteiger partial charge in [0.2, 0.25) is 5.91 Å². The number of amides is 1. The van der Waals surface area contributed by atoms with Crippen LogP contribution in [-0.2, 0) is 11.3 Å². The average Bonchev–Trinajstić information content (AvgIpc) is 2.69. The van der Waals surface area contributed by atoms with Crippen molar-refractivity contribution in [2.75, 3.05) is 51.7 Å². The number of nitrogens with zero attached hydrogens (tertiary/aromatic N) is 4. The maximum atomic E-state index is 12.3. The van der Waals surface area contributed by atoms with Crippen LogP contribution in [0.5, 0.6) is 0 Å². The van der Waals surface area contributed by atoms with Crippen LogP contribution >= 0.6 is 12.4 Å². The number of anilines is 2. The van der Waals surface area contributed by atoms with Crippen molar-refractivity contribution in [1.82, 2.24) is 20.1 Å². The molecule has 3 rings (SSSR count). The normalized spacial score (nSPS) is 14.0. The number of hydrogen-bond donors (Lipinski definition) is 1. The molecule has 27 heavy (non-hydrogen) atoms. The minimum atomic E-state index is 0. The van der Waals surface area contributed by atoms with Crippen LogP contribution in [0, 0.1) is 0 Å². The number of rotatable bonds is 6. The largest absolute Gasteiger partial charge is 0.339 e. The number of carbonyl (C=O) groups is 1. The number of hydrogen-bond acceptors (Lipinski definition) is 5. The first kappa shape index (κ1) is 21.2. The minimum absolute atomic E-state index is 0. The molecule has 1 amide bonds. The number of benzene rings is 1. The topological polar surface area (TPSA) is 51.7 Å². The number of aromatic nitrogens is 1. The van der Waals surface area contributed by atoms with Gasteiger partial charge in [-0.15, -0.1) is 12.4 Å². The summed E-state index contributed by atoms with van der Waals surface area (Å²) in [6.07, 6.45) is 1.89. The van der Waals surface area contributed by atoms with Gasteiger partial charge in [0.25, 0.3) is 0 Å². The van der Waals surface area contributed by atoms with Crippen LogP contribution in [0.2, 0.25) is 0 Å². The molecule has 6 nitrogen and oxygen atoms in total. The minimum Gasteiger partial charge on any atom is -0.339 e. The van der Waals surface area contributed by atoms with Gasteiger partial charge >= 0.3 is 0 Å². The number of pyridine rings is 1. The lowest BCUT2D eigenvalue weighted by Gasteiger charge is -2.29. The lowest BCUT2D eigenvalue weighted by atomic mass is 10.2. The van der Waals surface area contributed by atoms with Gasteiger partial charge in [-0.3, -0.25) is 9.69 Å². The molecule has 0 atom stereocenters. The van der Waals surface area contributed by atoms with E-state index in [4.69, 9.17) is 0 Å². The summed E-state index contributed by atoms with van der Waals surface area (Å²) in [6.45, 7) is 4.51. The van der Waals surface area contributed by atoms with E-state index in [0.29, 0.717) is 13.1 Å². The Morgan fingerprint density at radius 1 is 1.11 bits per heavy atom. The Morgan fingerprint density at radius 3 is 2.44 bits per heavy atom. The van der Waals surface area contributed by atoms with E-state index >= 15 is 0 Å². The number of nitrogens with one attached hydrogen (secondary N) is 1. The van der Waals surface area contributed by atoms with Gasteiger partial charge < -0.3 is 15.1 Å². The number of para-hydroxylation sites is 1. The van der Waals surface area contributed by atoms with Crippen molar-refractivity contribution in [1.29, 1.82) is 0 Å². The van der Waals surface area contributed by atoms with E-state index in [-0.39, 0.29) is 18.3 Å². The van der Waals surface area contributed by atoms with Crippen LogP contribution in [0.25, 0.3) is 0 Å². The highest BCUT2D eigenvalue weighted by atomic mass is 35.5. The van der Waals surface area contributed by atoms with Gasteiger partial charge in [0, 0.05) is 51.7 Å². The smallest absolute Gasteiger partial charge is 0.236 e. The number of piperazine rings is 1. The van der Waals surface area contributed by atoms with Crippen LogP contribution in [0.4, 0.5) is 11.5 Å². The first-order valence-corrected chi connectivity index (χ1v) is 9.04. The molecule has 1 aliphatic heterocycles. The standard InChI is InChI=1S/C20H27N5O.ClH/c1-23(16-20(26)25-12-10-21-11-13-25)15-17-8-9-19(22-14-17)24(2)18-6-4-3-5-7-18;/h3-9,14,21H,10-13,15-16H2,1-2H3;1H. The molecule has 2 aromatic rings. The Hall–Kier alpha value is -2.15. The van der Waals surface area contributed by atoms with E-state index in [2.05, 4.69) is 33.4 Å². The number of likely N-dealkylation sites (N-methyl/N-ethyl adjacent to an activating group) is 1. The van der Waals surface area contributed by atoms with Gasteiger partial charge in [0.05, 0.1) is 6.54 Å². The van der Waals surface area contributed by atoms with E-state index in [1.165, 1.54) is 0 Å². The summed E-state index contributed by atoms with van der Waals surface area (Å²) in [6, 6.07) is 14.3. The average molecular weight is 390 g/mol. The van der Waals surface area contributed by atoms with E-state index in [1.54, 1.807) is 0 Å². The molecule has 1 aromatic heterocycles. The summed E-state index contributed by atoms with van der Waals surface area (Å²) in [7, 11) is 3.99. The van der Waals surface area contributed by atoms with E-state index in [1.807, 2.05) is 54.4 Å². The Labute approximate surface area is 167 Å². The fraction of sp³-hybridized carbons (Fsp3) is 0.400. The molecule has 146 valence electrons. The summed E-state index contributed by atoms with van der Waals surface area (Å²) in [5, 5.41) is 3.27. The second-order valence-electron chi connectivity index (χ2n) is 6.72. The van der Waals surface area contributed by atoms with E-state index in [0.717, 1.165) is 43.2 Å². The van der Waals surface area contributed by atoms with Crippen molar-refractivity contribution >= 4 is 29.8 Å². The van der Waals surface area contributed by atoms with Crippen molar-refractivity contribution in [3.05, 3.63) is 54.2 Å².